The van der Waals surface area contributed by atoms with Gasteiger partial charge in [-0.2, -0.15) is 15.0 Å². The van der Waals surface area contributed by atoms with Crippen molar-refractivity contribution in [3.05, 3.63) is 86.2 Å². The zero-order chi connectivity index (χ0) is 33.8. The van der Waals surface area contributed by atoms with Gasteiger partial charge in [0.05, 0.1) is 24.1 Å². The van der Waals surface area contributed by atoms with Gasteiger partial charge >= 0.3 is 5.76 Å². The quantitative estimate of drug-likeness (QED) is 0.297. The lowest BCUT2D eigenvalue weighted by atomic mass is 9.68. The molecule has 1 saturated carbocycles. The van der Waals surface area contributed by atoms with Crippen LogP contribution >= 0.6 is 0 Å². The molecule has 1 aromatic heterocycles. The van der Waals surface area contributed by atoms with E-state index in [2.05, 4.69) is 27.0 Å². The first-order valence-electron chi connectivity index (χ1n) is 17.0. The molecule has 1 atom stereocenters. The number of likely N-dealkylation sites (tertiary alicyclic amines) is 1. The van der Waals surface area contributed by atoms with E-state index < -0.39 is 17.2 Å². The Kier molecular flexibility index (Phi) is 9.78. The molecular weight excluding hydrogens is 610 g/mol. The molecular formula is C36H43N7O5. The SMILES string of the molecule is CNC(=O)c1ccc2c(c1)CCc1cc(C(=O)NC)ccc1C2(CCNCC(=O)N1CCC[C@H]1C#N)c1nc(=O)on1C1CCCCC1. The lowest BCUT2D eigenvalue weighted by Gasteiger charge is -2.37. The van der Waals surface area contributed by atoms with Crippen LogP contribution < -0.4 is 21.7 Å². The largest absolute Gasteiger partial charge is 0.459 e. The van der Waals surface area contributed by atoms with Gasteiger partial charge in [-0.15, -0.1) is 0 Å². The van der Waals surface area contributed by atoms with Crippen molar-refractivity contribution in [3.63, 3.8) is 0 Å². The highest BCUT2D eigenvalue weighted by Gasteiger charge is 2.46. The van der Waals surface area contributed by atoms with Crippen molar-refractivity contribution in [3.8, 4) is 6.07 Å². The summed E-state index contributed by atoms with van der Waals surface area (Å²) in [6, 6.07) is 13.1. The number of hydrogen-bond acceptors (Lipinski definition) is 8. The van der Waals surface area contributed by atoms with Gasteiger partial charge in [0.1, 0.15) is 6.04 Å². The predicted octanol–water partition coefficient (Wildman–Crippen LogP) is 2.99. The van der Waals surface area contributed by atoms with E-state index in [0.717, 1.165) is 60.8 Å². The second kappa shape index (κ2) is 14.2. The average Bonchev–Trinajstić information content (AvgIpc) is 3.74. The van der Waals surface area contributed by atoms with Crippen LogP contribution in [0, 0.1) is 11.3 Å². The van der Waals surface area contributed by atoms with Crippen LogP contribution in [0.4, 0.5) is 0 Å². The minimum absolute atomic E-state index is 0.0427. The van der Waals surface area contributed by atoms with Crippen LogP contribution in [-0.2, 0) is 23.1 Å². The Hall–Kier alpha value is -4.76. The van der Waals surface area contributed by atoms with Gasteiger partial charge in [0.15, 0.2) is 5.82 Å². The van der Waals surface area contributed by atoms with Crippen LogP contribution in [-0.4, -0.2) is 72.1 Å². The molecule has 3 amide bonds. The molecule has 0 bridgehead atoms. The Bertz CT molecular complexity index is 1730. The maximum Gasteiger partial charge on any atom is 0.459 e. The lowest BCUT2D eigenvalue weighted by Crippen LogP contribution is -2.43. The fourth-order valence-corrected chi connectivity index (χ4v) is 7.94. The molecule has 48 heavy (non-hydrogen) atoms. The summed E-state index contributed by atoms with van der Waals surface area (Å²) in [6.07, 6.45) is 7.94. The zero-order valence-electron chi connectivity index (χ0n) is 27.6. The molecule has 0 spiro atoms. The van der Waals surface area contributed by atoms with Crippen molar-refractivity contribution in [1.82, 2.24) is 30.6 Å². The third-order valence-electron chi connectivity index (χ3n) is 10.3. The first-order valence-corrected chi connectivity index (χ1v) is 17.0. The highest BCUT2D eigenvalue weighted by atomic mass is 16.5. The third-order valence-corrected chi connectivity index (χ3v) is 10.3. The highest BCUT2D eigenvalue weighted by molar-refractivity contribution is 5.95. The summed E-state index contributed by atoms with van der Waals surface area (Å²) >= 11 is 0. The number of aryl methyl sites for hydroxylation is 2. The summed E-state index contributed by atoms with van der Waals surface area (Å²) in [4.78, 5) is 58.1. The fourth-order valence-electron chi connectivity index (χ4n) is 7.94. The van der Waals surface area contributed by atoms with Gasteiger partial charge in [-0.25, -0.2) is 4.79 Å². The molecule has 0 radical (unpaired) electrons. The number of fused-ring (bicyclic) bond motifs is 2. The summed E-state index contributed by atoms with van der Waals surface area (Å²) in [5.74, 6) is -0.719. The molecule has 2 aliphatic carbocycles. The number of benzene rings is 2. The second-order valence-corrected chi connectivity index (χ2v) is 13.0. The topological polar surface area (TPSA) is 162 Å². The molecule has 3 aromatic rings. The number of carbonyl (C=O) groups excluding carboxylic acids is 3. The number of aromatic nitrogens is 2. The van der Waals surface area contributed by atoms with E-state index in [9.17, 15) is 24.4 Å². The first-order chi connectivity index (χ1) is 23.3. The summed E-state index contributed by atoms with van der Waals surface area (Å²) < 4.78 is 7.64. The molecule has 3 aliphatic rings. The molecule has 6 rings (SSSR count). The first kappa shape index (κ1) is 33.2. The molecule has 1 aliphatic heterocycles. The molecule has 12 heteroatoms. The summed E-state index contributed by atoms with van der Waals surface area (Å²) in [6.45, 7) is 1.00. The van der Waals surface area contributed by atoms with E-state index in [-0.39, 0.29) is 30.3 Å². The molecule has 3 N–H and O–H groups in total. The van der Waals surface area contributed by atoms with Gasteiger partial charge in [-0.05, 0) is 98.0 Å². The Morgan fingerprint density at radius 1 is 0.938 bits per heavy atom. The monoisotopic (exact) mass is 653 g/mol. The number of nitriles is 1. The highest BCUT2D eigenvalue weighted by Crippen LogP contribution is 2.48. The minimum Gasteiger partial charge on any atom is -0.355 e. The van der Waals surface area contributed by atoms with Crippen LogP contribution in [0.25, 0.3) is 0 Å². The summed E-state index contributed by atoms with van der Waals surface area (Å²) in [7, 11) is 3.20. The van der Waals surface area contributed by atoms with Gasteiger partial charge in [-0.3, -0.25) is 14.4 Å². The van der Waals surface area contributed by atoms with Gasteiger partial charge in [-0.1, -0.05) is 31.4 Å². The lowest BCUT2D eigenvalue weighted by molar-refractivity contribution is -0.130. The van der Waals surface area contributed by atoms with Crippen molar-refractivity contribution >= 4 is 17.7 Å². The minimum atomic E-state index is -1.02. The molecule has 252 valence electrons. The maximum absolute atomic E-state index is 13.2. The number of rotatable bonds is 9. The van der Waals surface area contributed by atoms with Crippen LogP contribution in [0.15, 0.2) is 45.7 Å². The van der Waals surface area contributed by atoms with E-state index in [0.29, 0.717) is 55.7 Å². The van der Waals surface area contributed by atoms with E-state index in [1.807, 2.05) is 24.3 Å². The van der Waals surface area contributed by atoms with Gasteiger partial charge in [0.25, 0.3) is 11.8 Å². The Balaban J connectivity index is 1.50. The maximum atomic E-state index is 13.2. The Labute approximate surface area is 279 Å². The van der Waals surface area contributed by atoms with Gasteiger partial charge < -0.3 is 25.4 Å². The standard InChI is InChI=1S/C36H43N7O5/c1-38-32(45)25-12-14-29-23(19-25)10-11-24-20-26(33(46)39-2)13-15-30(24)36(29,16-17-40-22-31(44)42-18-6-9-28(42)21-37)34-41-35(47)48-43(34)27-7-4-3-5-8-27/h12-15,19-20,27-28,40H,3-11,16-18,22H2,1-2H3,(H,38,45)(H,39,46)/t28-/m0/s1. The number of amides is 3. The van der Waals surface area contributed by atoms with E-state index >= 15 is 0 Å². The number of hydrogen-bond donors (Lipinski definition) is 3. The van der Waals surface area contributed by atoms with E-state index in [1.165, 1.54) is 0 Å². The van der Waals surface area contributed by atoms with E-state index in [1.54, 1.807) is 35.9 Å². The zero-order valence-corrected chi connectivity index (χ0v) is 27.6. The van der Waals surface area contributed by atoms with Crippen molar-refractivity contribution < 1.29 is 18.9 Å². The van der Waals surface area contributed by atoms with E-state index in [4.69, 9.17) is 4.52 Å². The number of carbonyl (C=O) groups is 3. The number of nitrogens with one attached hydrogen (secondary N) is 3. The molecule has 12 nitrogen and oxygen atoms in total. The summed E-state index contributed by atoms with van der Waals surface area (Å²) in [5, 5.41) is 18.3. The van der Waals surface area contributed by atoms with Crippen molar-refractivity contribution in [2.24, 2.45) is 0 Å². The fraction of sp³-hybridized carbons (Fsp3) is 0.500. The smallest absolute Gasteiger partial charge is 0.355 e. The average molecular weight is 654 g/mol. The summed E-state index contributed by atoms with van der Waals surface area (Å²) in [5.41, 5.74) is 3.69. The molecule has 2 heterocycles. The van der Waals surface area contributed by atoms with Crippen molar-refractivity contribution in [1.29, 1.82) is 5.26 Å². The van der Waals surface area contributed by atoms with Crippen LogP contribution in [0.2, 0.25) is 0 Å². The van der Waals surface area contributed by atoms with Gasteiger partial charge in [0, 0.05) is 31.8 Å². The predicted molar refractivity (Wildman–Crippen MR) is 178 cm³/mol. The van der Waals surface area contributed by atoms with Crippen LogP contribution in [0.3, 0.4) is 0 Å². The van der Waals surface area contributed by atoms with Gasteiger partial charge in [0.2, 0.25) is 5.91 Å². The molecule has 1 saturated heterocycles. The van der Waals surface area contributed by atoms with Crippen molar-refractivity contribution in [2.75, 3.05) is 33.7 Å². The Morgan fingerprint density at radius 3 is 2.15 bits per heavy atom. The second-order valence-electron chi connectivity index (χ2n) is 13.0. The Morgan fingerprint density at radius 2 is 1.56 bits per heavy atom. The third kappa shape index (κ3) is 6.15. The van der Waals surface area contributed by atoms with Crippen molar-refractivity contribution in [2.45, 2.75) is 81.7 Å². The number of nitrogens with zero attached hydrogens (tertiary/aromatic N) is 4. The van der Waals surface area contributed by atoms with Crippen LogP contribution in [0.5, 0.6) is 0 Å². The molecule has 2 fully saturated rings. The van der Waals surface area contributed by atoms with Crippen LogP contribution in [0.1, 0.15) is 106 Å². The molecule has 0 unspecified atom stereocenters. The normalized spacial score (nSPS) is 18.7. The molecule has 2 aromatic carbocycles.